The summed E-state index contributed by atoms with van der Waals surface area (Å²) in [5.41, 5.74) is 1.68. The molecule has 1 N–H and O–H groups in total. The van der Waals surface area contributed by atoms with Crippen LogP contribution in [0.2, 0.25) is 0 Å². The average Bonchev–Trinajstić information content (AvgIpc) is 2.51. The van der Waals surface area contributed by atoms with Gasteiger partial charge in [-0.2, -0.15) is 0 Å². The third-order valence-corrected chi connectivity index (χ3v) is 4.72. The molecule has 2 rings (SSSR count). The van der Waals surface area contributed by atoms with Gasteiger partial charge in [-0.05, 0) is 30.7 Å². The molecule has 1 fully saturated rings. The maximum atomic E-state index is 12.2. The largest absolute Gasteiger partial charge is 0.339 e. The Morgan fingerprint density at radius 3 is 2.30 bits per heavy atom. The highest BCUT2D eigenvalue weighted by molar-refractivity contribution is 9.10. The van der Waals surface area contributed by atoms with Crippen molar-refractivity contribution in [2.24, 2.45) is 0 Å². The Balaban J connectivity index is 1.84. The average molecular weight is 382 g/mol. The van der Waals surface area contributed by atoms with Crippen molar-refractivity contribution in [3.05, 3.63) is 28.2 Å². The van der Waals surface area contributed by atoms with Crippen molar-refractivity contribution < 1.29 is 14.4 Å². The van der Waals surface area contributed by atoms with Gasteiger partial charge in [-0.15, -0.1) is 0 Å². The lowest BCUT2D eigenvalue weighted by Gasteiger charge is -2.34. The van der Waals surface area contributed by atoms with E-state index in [1.165, 1.54) is 6.92 Å². The van der Waals surface area contributed by atoms with Gasteiger partial charge in [-0.3, -0.25) is 14.4 Å². The van der Waals surface area contributed by atoms with Gasteiger partial charge >= 0.3 is 0 Å². The molecule has 6 nitrogen and oxygen atoms in total. The number of halogens is 1. The topological polar surface area (TPSA) is 69.7 Å². The molecule has 1 aliphatic rings. The molecule has 0 aromatic heterocycles. The summed E-state index contributed by atoms with van der Waals surface area (Å²) in [5.74, 6) is -0.522. The van der Waals surface area contributed by atoms with Gasteiger partial charge in [0.2, 0.25) is 17.7 Å². The Labute approximate surface area is 143 Å². The molecular weight excluding hydrogens is 362 g/mol. The highest BCUT2D eigenvalue weighted by Crippen LogP contribution is 2.20. The normalized spacial score (nSPS) is 14.6. The molecule has 0 radical (unpaired) electrons. The Morgan fingerprint density at radius 2 is 1.74 bits per heavy atom. The second kappa shape index (κ2) is 7.59. The van der Waals surface area contributed by atoms with E-state index in [9.17, 15) is 14.4 Å². The van der Waals surface area contributed by atoms with Gasteiger partial charge in [0.05, 0.1) is 0 Å². The summed E-state index contributed by atoms with van der Waals surface area (Å²) in [4.78, 5) is 38.7. The number of carbonyl (C=O) groups is 3. The molecule has 23 heavy (non-hydrogen) atoms. The number of anilines is 1. The predicted octanol–water partition coefficient (Wildman–Crippen LogP) is 1.78. The van der Waals surface area contributed by atoms with E-state index >= 15 is 0 Å². The Hall–Kier alpha value is -1.89. The first-order valence-corrected chi connectivity index (χ1v) is 8.25. The molecule has 0 saturated carbocycles. The van der Waals surface area contributed by atoms with E-state index in [1.807, 2.05) is 19.1 Å². The molecule has 3 amide bonds. The fourth-order valence-corrected chi connectivity index (χ4v) is 2.69. The molecule has 1 aromatic rings. The Kier molecular flexibility index (Phi) is 5.76. The van der Waals surface area contributed by atoms with E-state index in [0.29, 0.717) is 31.9 Å². The molecule has 0 aliphatic carbocycles. The van der Waals surface area contributed by atoms with Crippen LogP contribution >= 0.6 is 15.9 Å². The van der Waals surface area contributed by atoms with Gasteiger partial charge < -0.3 is 15.1 Å². The molecule has 0 unspecified atom stereocenters. The van der Waals surface area contributed by atoms with E-state index in [1.54, 1.807) is 15.9 Å². The van der Waals surface area contributed by atoms with E-state index in [-0.39, 0.29) is 24.1 Å². The lowest BCUT2D eigenvalue weighted by Crippen LogP contribution is -2.50. The van der Waals surface area contributed by atoms with Crippen molar-refractivity contribution in [3.8, 4) is 0 Å². The van der Waals surface area contributed by atoms with Gasteiger partial charge in [-0.25, -0.2) is 0 Å². The molecular formula is C16H20BrN3O3. The second-order valence-corrected chi connectivity index (χ2v) is 6.43. The minimum atomic E-state index is -0.328. The summed E-state index contributed by atoms with van der Waals surface area (Å²) in [7, 11) is 0. The lowest BCUT2D eigenvalue weighted by atomic mass is 10.2. The minimum Gasteiger partial charge on any atom is -0.339 e. The summed E-state index contributed by atoms with van der Waals surface area (Å²) < 4.78 is 0.968. The molecule has 1 aliphatic heterocycles. The highest BCUT2D eigenvalue weighted by Gasteiger charge is 2.23. The van der Waals surface area contributed by atoms with Gasteiger partial charge in [-0.1, -0.05) is 15.9 Å². The third kappa shape index (κ3) is 4.79. The first kappa shape index (κ1) is 17.5. The minimum absolute atomic E-state index is 0.0143. The predicted molar refractivity (Wildman–Crippen MR) is 91.0 cm³/mol. The van der Waals surface area contributed by atoms with E-state index in [4.69, 9.17) is 0 Å². The first-order chi connectivity index (χ1) is 10.9. The number of hydrogen-bond acceptors (Lipinski definition) is 3. The second-order valence-electron chi connectivity index (χ2n) is 5.58. The van der Waals surface area contributed by atoms with Crippen LogP contribution in [-0.2, 0) is 14.4 Å². The summed E-state index contributed by atoms with van der Waals surface area (Å²) in [6.45, 7) is 5.44. The van der Waals surface area contributed by atoms with E-state index in [0.717, 1.165) is 10.0 Å². The maximum absolute atomic E-state index is 12.2. The third-order valence-electron chi connectivity index (χ3n) is 3.83. The number of benzene rings is 1. The fraction of sp³-hybridized carbons (Fsp3) is 0.438. The molecule has 0 atom stereocenters. The number of amides is 3. The van der Waals surface area contributed by atoms with Crippen LogP contribution in [0.25, 0.3) is 0 Å². The number of hydrogen-bond donors (Lipinski definition) is 1. The molecule has 0 bridgehead atoms. The van der Waals surface area contributed by atoms with Crippen molar-refractivity contribution >= 4 is 39.3 Å². The Bertz CT molecular complexity index is 625. The molecule has 1 heterocycles. The smallest absolute Gasteiger partial charge is 0.233 e. The van der Waals surface area contributed by atoms with Crippen molar-refractivity contribution in [3.63, 3.8) is 0 Å². The molecule has 7 heteroatoms. The standard InChI is InChI=1S/C16H20BrN3O3/c1-11-9-13(3-4-14(11)17)18-15(22)10-16(23)20-7-5-19(6-8-20)12(2)21/h3-4,9H,5-8,10H2,1-2H3,(H,18,22). The zero-order valence-electron chi connectivity index (χ0n) is 13.3. The summed E-state index contributed by atoms with van der Waals surface area (Å²) in [6, 6.07) is 5.48. The first-order valence-electron chi connectivity index (χ1n) is 7.46. The van der Waals surface area contributed by atoms with Crippen molar-refractivity contribution in [1.29, 1.82) is 0 Å². The highest BCUT2D eigenvalue weighted by atomic mass is 79.9. The molecule has 1 saturated heterocycles. The van der Waals surface area contributed by atoms with Crippen LogP contribution in [0.5, 0.6) is 0 Å². The number of aryl methyl sites for hydroxylation is 1. The number of rotatable bonds is 3. The van der Waals surface area contributed by atoms with Crippen LogP contribution in [0.4, 0.5) is 5.69 Å². The number of piperazine rings is 1. The van der Waals surface area contributed by atoms with Gasteiger partial charge in [0.25, 0.3) is 0 Å². The Morgan fingerprint density at radius 1 is 1.13 bits per heavy atom. The zero-order chi connectivity index (χ0) is 17.0. The lowest BCUT2D eigenvalue weighted by molar-refractivity contribution is -0.140. The molecule has 1 aromatic carbocycles. The number of nitrogens with zero attached hydrogens (tertiary/aromatic N) is 2. The maximum Gasteiger partial charge on any atom is 0.233 e. The zero-order valence-corrected chi connectivity index (χ0v) is 14.9. The van der Waals surface area contributed by atoms with Gasteiger partial charge in [0.1, 0.15) is 6.42 Å². The number of carbonyl (C=O) groups excluding carboxylic acids is 3. The van der Waals surface area contributed by atoms with Gasteiger partial charge in [0.15, 0.2) is 0 Å². The van der Waals surface area contributed by atoms with Gasteiger partial charge in [0, 0.05) is 43.3 Å². The fourth-order valence-electron chi connectivity index (χ4n) is 2.45. The quantitative estimate of drug-likeness (QED) is 0.811. The van der Waals surface area contributed by atoms with Crippen LogP contribution in [0.1, 0.15) is 18.9 Å². The summed E-state index contributed by atoms with van der Waals surface area (Å²) in [5, 5.41) is 2.74. The molecule has 124 valence electrons. The summed E-state index contributed by atoms with van der Waals surface area (Å²) in [6.07, 6.45) is -0.185. The van der Waals surface area contributed by atoms with Crippen molar-refractivity contribution in [2.75, 3.05) is 31.5 Å². The van der Waals surface area contributed by atoms with E-state index in [2.05, 4.69) is 21.2 Å². The number of nitrogens with one attached hydrogen (secondary N) is 1. The molecule has 0 spiro atoms. The summed E-state index contributed by atoms with van der Waals surface area (Å²) >= 11 is 3.40. The van der Waals surface area contributed by atoms with Crippen molar-refractivity contribution in [2.45, 2.75) is 20.3 Å². The van der Waals surface area contributed by atoms with Crippen molar-refractivity contribution in [1.82, 2.24) is 9.80 Å². The van der Waals surface area contributed by atoms with Crippen LogP contribution < -0.4 is 5.32 Å². The van der Waals surface area contributed by atoms with Crippen LogP contribution in [-0.4, -0.2) is 53.7 Å². The van der Waals surface area contributed by atoms with Crippen LogP contribution in [0.3, 0.4) is 0 Å². The SMILES string of the molecule is CC(=O)N1CCN(C(=O)CC(=O)Nc2ccc(Br)c(C)c2)CC1. The van der Waals surface area contributed by atoms with Crippen LogP contribution in [0, 0.1) is 6.92 Å². The van der Waals surface area contributed by atoms with E-state index < -0.39 is 0 Å². The van der Waals surface area contributed by atoms with Crippen LogP contribution in [0.15, 0.2) is 22.7 Å². The monoisotopic (exact) mass is 381 g/mol.